The maximum atomic E-state index is 5.43. The van der Waals surface area contributed by atoms with Gasteiger partial charge in [-0.1, -0.05) is 30.3 Å². The molecular weight excluding hydrogens is 244 g/mol. The lowest BCUT2D eigenvalue weighted by atomic mass is 10.2. The molecule has 3 nitrogen and oxygen atoms in total. The van der Waals surface area contributed by atoms with Gasteiger partial charge < -0.3 is 9.64 Å². The molecule has 4 heteroatoms. The predicted molar refractivity (Wildman–Crippen MR) is 75.2 cm³/mol. The van der Waals surface area contributed by atoms with Gasteiger partial charge in [-0.05, 0) is 6.42 Å². The van der Waals surface area contributed by atoms with Crippen LogP contribution in [0.3, 0.4) is 0 Å². The lowest BCUT2D eigenvalue weighted by Gasteiger charge is -2.21. The standard InChI is InChI=1S/C14H16N2OS/c1-16(12-7-8-17-9-12)14-15-13(10-18-14)11-5-3-2-4-6-11/h2-6,10,12H,7-9H2,1H3. The van der Waals surface area contributed by atoms with E-state index in [0.29, 0.717) is 6.04 Å². The summed E-state index contributed by atoms with van der Waals surface area (Å²) >= 11 is 1.70. The molecule has 1 unspecified atom stereocenters. The molecule has 1 fully saturated rings. The molecule has 1 saturated heterocycles. The van der Waals surface area contributed by atoms with E-state index in [2.05, 4.69) is 29.5 Å². The molecule has 0 aliphatic carbocycles. The number of aromatic nitrogens is 1. The van der Waals surface area contributed by atoms with Gasteiger partial charge in [-0.3, -0.25) is 0 Å². The summed E-state index contributed by atoms with van der Waals surface area (Å²) in [6, 6.07) is 10.8. The van der Waals surface area contributed by atoms with Crippen LogP contribution in [0.2, 0.25) is 0 Å². The number of benzene rings is 1. The fourth-order valence-electron chi connectivity index (χ4n) is 2.15. The molecule has 18 heavy (non-hydrogen) atoms. The third kappa shape index (κ3) is 2.26. The van der Waals surface area contributed by atoms with Crippen molar-refractivity contribution in [2.75, 3.05) is 25.2 Å². The van der Waals surface area contributed by atoms with Crippen LogP contribution in [-0.4, -0.2) is 31.3 Å². The van der Waals surface area contributed by atoms with Crippen molar-refractivity contribution in [3.8, 4) is 11.3 Å². The topological polar surface area (TPSA) is 25.4 Å². The molecule has 2 heterocycles. The van der Waals surface area contributed by atoms with Crippen molar-refractivity contribution in [2.24, 2.45) is 0 Å². The third-order valence-corrected chi connectivity index (χ3v) is 4.25. The highest BCUT2D eigenvalue weighted by molar-refractivity contribution is 7.14. The average molecular weight is 260 g/mol. The van der Waals surface area contributed by atoms with Gasteiger partial charge >= 0.3 is 0 Å². The highest BCUT2D eigenvalue weighted by atomic mass is 32.1. The molecule has 0 radical (unpaired) electrons. The quantitative estimate of drug-likeness (QED) is 0.848. The van der Waals surface area contributed by atoms with Gasteiger partial charge in [0.15, 0.2) is 5.13 Å². The van der Waals surface area contributed by atoms with Gasteiger partial charge in [-0.25, -0.2) is 4.98 Å². The van der Waals surface area contributed by atoms with Crippen LogP contribution in [0.5, 0.6) is 0 Å². The highest BCUT2D eigenvalue weighted by Gasteiger charge is 2.22. The lowest BCUT2D eigenvalue weighted by molar-refractivity contribution is 0.193. The first-order valence-electron chi connectivity index (χ1n) is 6.16. The summed E-state index contributed by atoms with van der Waals surface area (Å²) in [5.74, 6) is 0. The van der Waals surface area contributed by atoms with Gasteiger partial charge in [0.25, 0.3) is 0 Å². The van der Waals surface area contributed by atoms with Crippen LogP contribution >= 0.6 is 11.3 Å². The van der Waals surface area contributed by atoms with Gasteiger partial charge in [-0.15, -0.1) is 11.3 Å². The summed E-state index contributed by atoms with van der Waals surface area (Å²) in [5, 5.41) is 3.20. The molecular formula is C14H16N2OS. The SMILES string of the molecule is CN(c1nc(-c2ccccc2)cs1)C1CCOC1. The fraction of sp³-hybridized carbons (Fsp3) is 0.357. The van der Waals surface area contributed by atoms with Crippen molar-refractivity contribution < 1.29 is 4.74 Å². The number of likely N-dealkylation sites (N-methyl/N-ethyl adjacent to an activating group) is 1. The van der Waals surface area contributed by atoms with Crippen LogP contribution in [0.4, 0.5) is 5.13 Å². The molecule has 1 aliphatic rings. The minimum absolute atomic E-state index is 0.472. The smallest absolute Gasteiger partial charge is 0.185 e. The van der Waals surface area contributed by atoms with Gasteiger partial charge in [0, 0.05) is 24.6 Å². The number of hydrogen-bond acceptors (Lipinski definition) is 4. The Morgan fingerprint density at radius 2 is 2.17 bits per heavy atom. The molecule has 1 atom stereocenters. The molecule has 0 N–H and O–H groups in total. The molecule has 1 aromatic heterocycles. The van der Waals surface area contributed by atoms with Crippen LogP contribution in [-0.2, 0) is 4.74 Å². The Balaban J connectivity index is 1.81. The Kier molecular flexibility index (Phi) is 3.30. The van der Waals surface area contributed by atoms with E-state index in [9.17, 15) is 0 Å². The molecule has 0 amide bonds. The fourth-order valence-corrected chi connectivity index (χ4v) is 3.02. The van der Waals surface area contributed by atoms with Crippen molar-refractivity contribution in [1.82, 2.24) is 4.98 Å². The Hall–Kier alpha value is -1.39. The van der Waals surface area contributed by atoms with Crippen LogP contribution in [0.15, 0.2) is 35.7 Å². The van der Waals surface area contributed by atoms with Crippen LogP contribution in [0, 0.1) is 0 Å². The Labute approximate surface area is 111 Å². The van der Waals surface area contributed by atoms with Crippen molar-refractivity contribution >= 4 is 16.5 Å². The second-order valence-corrected chi connectivity index (χ2v) is 5.35. The van der Waals surface area contributed by atoms with Gasteiger partial charge in [0.05, 0.1) is 18.3 Å². The van der Waals surface area contributed by atoms with Crippen LogP contribution < -0.4 is 4.90 Å². The van der Waals surface area contributed by atoms with E-state index in [1.54, 1.807) is 11.3 Å². The minimum atomic E-state index is 0.472. The predicted octanol–water partition coefficient (Wildman–Crippen LogP) is 3.04. The summed E-state index contributed by atoms with van der Waals surface area (Å²) in [6.07, 6.45) is 1.09. The largest absolute Gasteiger partial charge is 0.379 e. The van der Waals surface area contributed by atoms with Crippen molar-refractivity contribution in [3.05, 3.63) is 35.7 Å². The maximum absolute atomic E-state index is 5.43. The van der Waals surface area contributed by atoms with E-state index < -0.39 is 0 Å². The van der Waals surface area contributed by atoms with Crippen LogP contribution in [0.25, 0.3) is 11.3 Å². The monoisotopic (exact) mass is 260 g/mol. The zero-order valence-electron chi connectivity index (χ0n) is 10.4. The molecule has 94 valence electrons. The zero-order valence-corrected chi connectivity index (χ0v) is 11.2. The normalized spacial score (nSPS) is 19.1. The molecule has 0 bridgehead atoms. The number of nitrogens with zero attached hydrogens (tertiary/aromatic N) is 2. The van der Waals surface area contributed by atoms with E-state index in [0.717, 1.165) is 30.5 Å². The summed E-state index contributed by atoms with van der Waals surface area (Å²) < 4.78 is 5.43. The van der Waals surface area contributed by atoms with Crippen molar-refractivity contribution in [1.29, 1.82) is 0 Å². The third-order valence-electron chi connectivity index (χ3n) is 3.32. The minimum Gasteiger partial charge on any atom is -0.379 e. The van der Waals surface area contributed by atoms with Gasteiger partial charge in [-0.2, -0.15) is 0 Å². The number of rotatable bonds is 3. The summed E-state index contributed by atoms with van der Waals surface area (Å²) in [6.45, 7) is 1.68. The lowest BCUT2D eigenvalue weighted by Crippen LogP contribution is -2.31. The first-order chi connectivity index (χ1) is 8.84. The number of anilines is 1. The Morgan fingerprint density at radius 3 is 2.89 bits per heavy atom. The number of ether oxygens (including phenoxy) is 1. The van der Waals surface area contributed by atoms with Crippen molar-refractivity contribution in [2.45, 2.75) is 12.5 Å². The molecule has 1 aromatic carbocycles. The Morgan fingerprint density at radius 1 is 1.33 bits per heavy atom. The number of hydrogen-bond donors (Lipinski definition) is 0. The van der Waals surface area contributed by atoms with E-state index in [-0.39, 0.29) is 0 Å². The highest BCUT2D eigenvalue weighted by Crippen LogP contribution is 2.28. The van der Waals surface area contributed by atoms with Crippen LogP contribution in [0.1, 0.15) is 6.42 Å². The second-order valence-electron chi connectivity index (χ2n) is 4.51. The first-order valence-corrected chi connectivity index (χ1v) is 7.04. The average Bonchev–Trinajstić information content (AvgIpc) is 3.10. The Bertz CT molecular complexity index is 506. The van der Waals surface area contributed by atoms with Crippen molar-refractivity contribution in [3.63, 3.8) is 0 Å². The molecule has 0 saturated carbocycles. The molecule has 1 aliphatic heterocycles. The van der Waals surface area contributed by atoms with Gasteiger partial charge in [0.1, 0.15) is 0 Å². The van der Waals surface area contributed by atoms with Gasteiger partial charge in [0.2, 0.25) is 0 Å². The second kappa shape index (κ2) is 5.08. The van der Waals surface area contributed by atoms with E-state index in [1.165, 1.54) is 5.56 Å². The summed E-state index contributed by atoms with van der Waals surface area (Å²) in [5.41, 5.74) is 2.23. The maximum Gasteiger partial charge on any atom is 0.185 e. The van der Waals surface area contributed by atoms with E-state index in [1.807, 2.05) is 18.2 Å². The molecule has 3 rings (SSSR count). The zero-order chi connectivity index (χ0) is 12.4. The summed E-state index contributed by atoms with van der Waals surface area (Å²) in [7, 11) is 2.10. The molecule has 0 spiro atoms. The molecule has 2 aromatic rings. The van der Waals surface area contributed by atoms with E-state index in [4.69, 9.17) is 9.72 Å². The summed E-state index contributed by atoms with van der Waals surface area (Å²) in [4.78, 5) is 6.95. The number of thiazole rings is 1. The van der Waals surface area contributed by atoms with E-state index >= 15 is 0 Å². The first kappa shape index (κ1) is 11.7.